The van der Waals surface area contributed by atoms with Gasteiger partial charge in [0.05, 0.1) is 5.92 Å². The minimum absolute atomic E-state index is 0.158. The van der Waals surface area contributed by atoms with Gasteiger partial charge in [0.15, 0.2) is 0 Å². The van der Waals surface area contributed by atoms with Crippen molar-refractivity contribution in [1.82, 2.24) is 5.32 Å². The summed E-state index contributed by atoms with van der Waals surface area (Å²) in [5.41, 5.74) is 0. The van der Waals surface area contributed by atoms with Crippen LogP contribution in [0.1, 0.15) is 25.7 Å². The largest absolute Gasteiger partial charge is 0.481 e. The van der Waals surface area contributed by atoms with Crippen LogP contribution in [0.3, 0.4) is 0 Å². The van der Waals surface area contributed by atoms with Gasteiger partial charge in [-0.15, -0.1) is 0 Å². The molecule has 0 bridgehead atoms. The quantitative estimate of drug-likeness (QED) is 0.780. The summed E-state index contributed by atoms with van der Waals surface area (Å²) in [6.07, 6.45) is -1.45. The number of aliphatic carboxylic acids is 1. The summed E-state index contributed by atoms with van der Waals surface area (Å²) in [4.78, 5) is 22.3. The number of carbonyl (C=O) groups is 2. The SMILES string of the molecule is O=C(COCC(F)(F)F)NCC1CCCCC1C(=O)O. The number of carbonyl (C=O) groups excluding carboxylic acids is 1. The number of alkyl halides is 3. The van der Waals surface area contributed by atoms with Crippen molar-refractivity contribution in [2.24, 2.45) is 11.8 Å². The molecule has 1 fully saturated rings. The number of carboxylic acid groups (broad SMARTS) is 1. The van der Waals surface area contributed by atoms with Crippen LogP contribution in [-0.4, -0.2) is 42.9 Å². The van der Waals surface area contributed by atoms with E-state index >= 15 is 0 Å². The topological polar surface area (TPSA) is 75.6 Å². The third-order valence-electron chi connectivity index (χ3n) is 3.29. The number of hydrogen-bond donors (Lipinski definition) is 2. The monoisotopic (exact) mass is 297 g/mol. The maximum absolute atomic E-state index is 11.8. The molecular formula is C12H18F3NO4. The Labute approximate surface area is 114 Å². The zero-order valence-electron chi connectivity index (χ0n) is 10.9. The molecule has 2 atom stereocenters. The molecule has 1 rings (SSSR count). The molecule has 2 unspecified atom stereocenters. The van der Waals surface area contributed by atoms with Gasteiger partial charge in [-0.1, -0.05) is 12.8 Å². The van der Waals surface area contributed by atoms with Crippen molar-refractivity contribution in [3.8, 4) is 0 Å². The lowest BCUT2D eigenvalue weighted by Crippen LogP contribution is -2.38. The van der Waals surface area contributed by atoms with E-state index in [0.29, 0.717) is 12.8 Å². The van der Waals surface area contributed by atoms with E-state index in [1.54, 1.807) is 0 Å². The molecule has 20 heavy (non-hydrogen) atoms. The summed E-state index contributed by atoms with van der Waals surface area (Å²) in [5, 5.41) is 11.5. The highest BCUT2D eigenvalue weighted by Gasteiger charge is 2.31. The predicted molar refractivity (Wildman–Crippen MR) is 63.0 cm³/mol. The number of hydrogen-bond acceptors (Lipinski definition) is 3. The van der Waals surface area contributed by atoms with Crippen molar-refractivity contribution >= 4 is 11.9 Å². The zero-order valence-corrected chi connectivity index (χ0v) is 10.9. The van der Waals surface area contributed by atoms with Crippen LogP contribution >= 0.6 is 0 Å². The molecule has 1 amide bonds. The predicted octanol–water partition coefficient (Wildman–Crippen LogP) is 1.57. The lowest BCUT2D eigenvalue weighted by molar-refractivity contribution is -0.175. The summed E-state index contributed by atoms with van der Waals surface area (Å²) in [6, 6.07) is 0. The third kappa shape index (κ3) is 6.23. The van der Waals surface area contributed by atoms with Gasteiger partial charge in [-0.25, -0.2) is 0 Å². The van der Waals surface area contributed by atoms with E-state index < -0.39 is 37.2 Å². The Kier molecular flexibility index (Phi) is 6.25. The number of rotatable bonds is 6. The van der Waals surface area contributed by atoms with E-state index in [2.05, 4.69) is 10.1 Å². The smallest absolute Gasteiger partial charge is 0.411 e. The second-order valence-electron chi connectivity index (χ2n) is 4.90. The fourth-order valence-electron chi connectivity index (χ4n) is 2.33. The maximum Gasteiger partial charge on any atom is 0.411 e. The molecule has 116 valence electrons. The fourth-order valence-corrected chi connectivity index (χ4v) is 2.33. The van der Waals surface area contributed by atoms with Gasteiger partial charge in [0, 0.05) is 6.54 Å². The average Bonchev–Trinajstić information content (AvgIpc) is 2.35. The fraction of sp³-hybridized carbons (Fsp3) is 0.833. The van der Waals surface area contributed by atoms with Crippen LogP contribution in [0.4, 0.5) is 13.2 Å². The van der Waals surface area contributed by atoms with Crippen LogP contribution in [0.15, 0.2) is 0 Å². The summed E-state index contributed by atoms with van der Waals surface area (Å²) < 4.78 is 39.6. The van der Waals surface area contributed by atoms with Crippen molar-refractivity contribution in [3.05, 3.63) is 0 Å². The van der Waals surface area contributed by atoms with Crippen LogP contribution in [0.25, 0.3) is 0 Å². The lowest BCUT2D eigenvalue weighted by Gasteiger charge is -2.28. The maximum atomic E-state index is 11.8. The second-order valence-corrected chi connectivity index (χ2v) is 4.90. The van der Waals surface area contributed by atoms with Gasteiger partial charge < -0.3 is 15.2 Å². The highest BCUT2D eigenvalue weighted by Crippen LogP contribution is 2.29. The van der Waals surface area contributed by atoms with Gasteiger partial charge in [0.25, 0.3) is 0 Å². The number of carboxylic acids is 1. The van der Waals surface area contributed by atoms with E-state index in [0.717, 1.165) is 12.8 Å². The highest BCUT2D eigenvalue weighted by atomic mass is 19.4. The van der Waals surface area contributed by atoms with E-state index in [9.17, 15) is 22.8 Å². The van der Waals surface area contributed by atoms with E-state index in [-0.39, 0.29) is 12.5 Å². The first-order valence-electron chi connectivity index (χ1n) is 6.43. The van der Waals surface area contributed by atoms with Crippen LogP contribution in [0, 0.1) is 11.8 Å². The molecule has 5 nitrogen and oxygen atoms in total. The van der Waals surface area contributed by atoms with E-state index in [1.807, 2.05) is 0 Å². The lowest BCUT2D eigenvalue weighted by atomic mass is 9.79. The molecule has 8 heteroatoms. The Morgan fingerprint density at radius 1 is 1.25 bits per heavy atom. The summed E-state index contributed by atoms with van der Waals surface area (Å²) in [7, 11) is 0. The van der Waals surface area contributed by atoms with Crippen LogP contribution in [0.5, 0.6) is 0 Å². The molecule has 1 saturated carbocycles. The van der Waals surface area contributed by atoms with Gasteiger partial charge in [0.2, 0.25) is 5.91 Å². The number of ether oxygens (including phenoxy) is 1. The molecule has 0 radical (unpaired) electrons. The zero-order chi connectivity index (χ0) is 15.2. The molecule has 0 spiro atoms. The molecule has 0 aromatic carbocycles. The summed E-state index contributed by atoms with van der Waals surface area (Å²) in [5.74, 6) is -2.23. The third-order valence-corrected chi connectivity index (χ3v) is 3.29. The van der Waals surface area contributed by atoms with Crippen molar-refractivity contribution in [3.63, 3.8) is 0 Å². The molecule has 1 aliphatic carbocycles. The molecule has 0 aromatic rings. The van der Waals surface area contributed by atoms with Gasteiger partial charge >= 0.3 is 12.1 Å². The molecule has 1 aliphatic rings. The Bertz CT molecular complexity index is 346. The van der Waals surface area contributed by atoms with Gasteiger partial charge in [-0.2, -0.15) is 13.2 Å². The van der Waals surface area contributed by atoms with E-state index in [1.165, 1.54) is 0 Å². The molecular weight excluding hydrogens is 279 g/mol. The van der Waals surface area contributed by atoms with Crippen molar-refractivity contribution < 1.29 is 32.6 Å². The minimum atomic E-state index is -4.46. The first kappa shape index (κ1) is 16.7. The molecule has 0 aromatic heterocycles. The number of nitrogens with one attached hydrogen (secondary N) is 1. The summed E-state index contributed by atoms with van der Waals surface area (Å²) >= 11 is 0. The molecule has 0 aliphatic heterocycles. The second kappa shape index (κ2) is 7.47. The Balaban J connectivity index is 2.27. The average molecular weight is 297 g/mol. The first-order chi connectivity index (χ1) is 9.29. The highest BCUT2D eigenvalue weighted by molar-refractivity contribution is 5.77. The molecule has 0 saturated heterocycles. The van der Waals surface area contributed by atoms with Gasteiger partial charge in [0.1, 0.15) is 13.2 Å². The van der Waals surface area contributed by atoms with Crippen LogP contribution in [0.2, 0.25) is 0 Å². The normalized spacial score (nSPS) is 23.4. The van der Waals surface area contributed by atoms with Gasteiger partial charge in [-0.3, -0.25) is 9.59 Å². The Hall–Kier alpha value is -1.31. The van der Waals surface area contributed by atoms with Gasteiger partial charge in [-0.05, 0) is 18.8 Å². The van der Waals surface area contributed by atoms with Crippen molar-refractivity contribution in [2.45, 2.75) is 31.9 Å². The van der Waals surface area contributed by atoms with Crippen molar-refractivity contribution in [2.75, 3.05) is 19.8 Å². The van der Waals surface area contributed by atoms with Crippen LogP contribution < -0.4 is 5.32 Å². The standard InChI is InChI=1S/C12H18F3NO4/c13-12(14,15)7-20-6-10(17)16-5-8-3-1-2-4-9(8)11(18)19/h8-9H,1-7H2,(H,16,17)(H,18,19). The Morgan fingerprint density at radius 2 is 1.90 bits per heavy atom. The summed E-state index contributed by atoms with van der Waals surface area (Å²) in [6.45, 7) is -1.99. The number of halogens is 3. The minimum Gasteiger partial charge on any atom is -0.481 e. The molecule has 0 heterocycles. The molecule has 2 N–H and O–H groups in total. The first-order valence-corrected chi connectivity index (χ1v) is 6.43. The van der Waals surface area contributed by atoms with Crippen molar-refractivity contribution in [1.29, 1.82) is 0 Å². The van der Waals surface area contributed by atoms with E-state index in [4.69, 9.17) is 5.11 Å². The number of amides is 1. The van der Waals surface area contributed by atoms with Crippen LogP contribution in [-0.2, 0) is 14.3 Å². The Morgan fingerprint density at radius 3 is 2.50 bits per heavy atom.